The minimum atomic E-state index is -1.25. The molecule has 3 heterocycles. The molecule has 22 heavy (non-hydrogen) atoms. The summed E-state index contributed by atoms with van der Waals surface area (Å²) in [6.07, 6.45) is -1.63. The van der Waals surface area contributed by atoms with E-state index in [9.17, 15) is 15.0 Å². The Kier molecular flexibility index (Phi) is 3.74. The number of hydrogen-bond donors (Lipinski definition) is 4. The van der Waals surface area contributed by atoms with Crippen LogP contribution in [0.15, 0.2) is 12.5 Å². The number of carbonyl (C=O) groups excluding carboxylic acids is 1. The molecule has 2 aromatic heterocycles. The summed E-state index contributed by atoms with van der Waals surface area (Å²) < 4.78 is 6.85. The van der Waals surface area contributed by atoms with Crippen molar-refractivity contribution < 1.29 is 24.9 Å². The molecule has 0 aliphatic carbocycles. The summed E-state index contributed by atoms with van der Waals surface area (Å²) >= 11 is 0. The first-order valence-electron chi connectivity index (χ1n) is 6.60. The third kappa shape index (κ3) is 2.41. The number of nitrogens with two attached hydrogens (primary N) is 1. The van der Waals surface area contributed by atoms with Gasteiger partial charge in [0.15, 0.2) is 11.9 Å². The van der Waals surface area contributed by atoms with Crippen LogP contribution >= 0.6 is 0 Å². The highest BCUT2D eigenvalue weighted by Crippen LogP contribution is 2.31. The maximum atomic E-state index is 11.0. The van der Waals surface area contributed by atoms with Crippen molar-refractivity contribution in [3.63, 3.8) is 0 Å². The number of amides is 1. The van der Waals surface area contributed by atoms with Gasteiger partial charge in [-0.15, -0.1) is 0 Å². The Morgan fingerprint density at radius 3 is 2.77 bits per heavy atom. The van der Waals surface area contributed by atoms with E-state index in [2.05, 4.69) is 15.0 Å². The van der Waals surface area contributed by atoms with Gasteiger partial charge in [0.05, 0.1) is 25.6 Å². The van der Waals surface area contributed by atoms with Crippen LogP contribution in [-0.4, -0.2) is 65.7 Å². The van der Waals surface area contributed by atoms with Crippen molar-refractivity contribution in [1.82, 2.24) is 19.5 Å². The Balaban J connectivity index is 1.98. The predicted octanol–water partition coefficient (Wildman–Crippen LogP) is -2.53. The van der Waals surface area contributed by atoms with E-state index in [0.29, 0.717) is 11.2 Å². The van der Waals surface area contributed by atoms with Gasteiger partial charge < -0.3 is 25.8 Å². The zero-order valence-corrected chi connectivity index (χ0v) is 11.4. The summed E-state index contributed by atoms with van der Waals surface area (Å²) in [6.45, 7) is -0.427. The minimum absolute atomic E-state index is 0.128. The van der Waals surface area contributed by atoms with Gasteiger partial charge in [-0.1, -0.05) is 0 Å². The summed E-state index contributed by atoms with van der Waals surface area (Å²) in [4.78, 5) is 23.2. The van der Waals surface area contributed by atoms with Crippen LogP contribution in [0.2, 0.25) is 0 Å². The molecule has 0 unspecified atom stereocenters. The van der Waals surface area contributed by atoms with E-state index in [4.69, 9.17) is 15.6 Å². The highest BCUT2D eigenvalue weighted by atomic mass is 16.6. The number of rotatable bonds is 4. The molecular weight excluding hydrogens is 294 g/mol. The van der Waals surface area contributed by atoms with Crippen molar-refractivity contribution in [2.24, 2.45) is 5.73 Å². The topological polar surface area (TPSA) is 157 Å². The fraction of sp³-hybridized carbons (Fsp3) is 0.500. The van der Waals surface area contributed by atoms with E-state index in [1.165, 1.54) is 17.1 Å². The fourth-order valence-electron chi connectivity index (χ4n) is 2.40. The van der Waals surface area contributed by atoms with Crippen LogP contribution < -0.4 is 5.73 Å². The number of aliphatic hydroxyl groups excluding tert-OH is 3. The molecule has 3 rings (SSSR count). The van der Waals surface area contributed by atoms with Crippen molar-refractivity contribution in [2.75, 3.05) is 6.61 Å². The Bertz CT molecular complexity index is 704. The molecule has 10 nitrogen and oxygen atoms in total. The van der Waals surface area contributed by atoms with Crippen molar-refractivity contribution >= 4 is 17.1 Å². The van der Waals surface area contributed by atoms with Crippen LogP contribution in [0.5, 0.6) is 0 Å². The lowest BCUT2D eigenvalue weighted by Crippen LogP contribution is -2.33. The Labute approximate surface area is 124 Å². The minimum Gasteiger partial charge on any atom is -0.394 e. The van der Waals surface area contributed by atoms with E-state index in [1.54, 1.807) is 0 Å². The van der Waals surface area contributed by atoms with Crippen molar-refractivity contribution in [1.29, 1.82) is 0 Å². The zero-order chi connectivity index (χ0) is 15.9. The fourth-order valence-corrected chi connectivity index (χ4v) is 2.40. The van der Waals surface area contributed by atoms with Gasteiger partial charge >= 0.3 is 0 Å². The normalized spacial score (nSPS) is 28.3. The molecule has 0 spiro atoms. The highest BCUT2D eigenvalue weighted by Gasteiger charge is 2.43. The number of aliphatic hydroxyl groups is 3. The molecule has 118 valence electrons. The maximum Gasteiger partial charge on any atom is 0.225 e. The number of hydrogen-bond acceptors (Lipinski definition) is 8. The number of primary amides is 1. The van der Waals surface area contributed by atoms with E-state index in [1.807, 2.05) is 0 Å². The van der Waals surface area contributed by atoms with Crippen molar-refractivity contribution in [3.05, 3.63) is 18.3 Å². The molecule has 1 aliphatic heterocycles. The third-order valence-corrected chi connectivity index (χ3v) is 3.49. The number of fused-ring (bicyclic) bond motifs is 1. The lowest BCUT2D eigenvalue weighted by Gasteiger charge is -2.16. The first kappa shape index (κ1) is 14.8. The predicted molar refractivity (Wildman–Crippen MR) is 71.2 cm³/mol. The van der Waals surface area contributed by atoms with Crippen LogP contribution in [0, 0.1) is 0 Å². The summed E-state index contributed by atoms with van der Waals surface area (Å²) in [6, 6.07) is 0. The second kappa shape index (κ2) is 5.57. The molecule has 10 heteroatoms. The first-order valence-corrected chi connectivity index (χ1v) is 6.60. The van der Waals surface area contributed by atoms with Crippen LogP contribution in [0.4, 0.5) is 0 Å². The molecule has 4 atom stereocenters. The van der Waals surface area contributed by atoms with E-state index >= 15 is 0 Å². The van der Waals surface area contributed by atoms with Gasteiger partial charge in [-0.05, 0) is 0 Å². The van der Waals surface area contributed by atoms with E-state index in [0.717, 1.165) is 0 Å². The second-order valence-electron chi connectivity index (χ2n) is 5.02. The lowest BCUT2D eigenvalue weighted by atomic mass is 10.1. The molecule has 5 N–H and O–H groups in total. The maximum absolute atomic E-state index is 11.0. The quantitative estimate of drug-likeness (QED) is 0.481. The molecule has 0 bridgehead atoms. The van der Waals surface area contributed by atoms with Crippen LogP contribution in [0.1, 0.15) is 12.1 Å². The van der Waals surface area contributed by atoms with Gasteiger partial charge in [0.1, 0.15) is 29.7 Å². The molecule has 0 aromatic carbocycles. The van der Waals surface area contributed by atoms with Crippen molar-refractivity contribution in [2.45, 2.75) is 31.0 Å². The zero-order valence-electron chi connectivity index (χ0n) is 11.4. The van der Waals surface area contributed by atoms with E-state index in [-0.39, 0.29) is 12.2 Å². The molecule has 1 fully saturated rings. The number of imidazole rings is 1. The van der Waals surface area contributed by atoms with Crippen LogP contribution in [-0.2, 0) is 16.0 Å². The molecular formula is C12H15N5O5. The Morgan fingerprint density at radius 2 is 2.14 bits per heavy atom. The van der Waals surface area contributed by atoms with E-state index < -0.39 is 37.1 Å². The summed E-state index contributed by atoms with van der Waals surface area (Å²) in [5, 5.41) is 29.0. The number of carbonyl (C=O) groups is 1. The molecule has 2 aromatic rings. The second-order valence-corrected chi connectivity index (χ2v) is 5.02. The third-order valence-electron chi connectivity index (χ3n) is 3.49. The van der Waals surface area contributed by atoms with Gasteiger partial charge in [-0.25, -0.2) is 15.0 Å². The smallest absolute Gasteiger partial charge is 0.225 e. The van der Waals surface area contributed by atoms with Gasteiger partial charge in [-0.3, -0.25) is 9.36 Å². The van der Waals surface area contributed by atoms with Crippen LogP contribution in [0.3, 0.4) is 0 Å². The average Bonchev–Trinajstić information content (AvgIpc) is 3.01. The van der Waals surface area contributed by atoms with Crippen LogP contribution in [0.25, 0.3) is 11.2 Å². The molecule has 0 radical (unpaired) electrons. The standard InChI is InChI=1S/C12H15N5O5/c13-7(19)1-8-14-2-5-11(16-8)17(4-15-5)12-10(21)9(20)6(3-18)22-12/h2,4,6,9-10,12,18,20-21H,1,3H2,(H2,13,19)/t6-,9-,10-,12-/m1/s1. The lowest BCUT2D eigenvalue weighted by molar-refractivity contribution is -0.117. The molecule has 1 saturated heterocycles. The summed E-state index contributed by atoms with van der Waals surface area (Å²) in [7, 11) is 0. The Hall–Kier alpha value is -2.14. The van der Waals surface area contributed by atoms with Crippen molar-refractivity contribution in [3.8, 4) is 0 Å². The monoisotopic (exact) mass is 309 g/mol. The van der Waals surface area contributed by atoms with Gasteiger partial charge in [0.25, 0.3) is 0 Å². The molecule has 0 saturated carbocycles. The SMILES string of the molecule is NC(=O)Cc1ncc2ncn([C@@H]3O[C@H](CO)[C@@H](O)[C@H]3O)c2n1. The highest BCUT2D eigenvalue weighted by molar-refractivity contribution is 5.76. The van der Waals surface area contributed by atoms with Gasteiger partial charge in [0, 0.05) is 0 Å². The van der Waals surface area contributed by atoms with Gasteiger partial charge in [0.2, 0.25) is 5.91 Å². The Morgan fingerprint density at radius 1 is 1.36 bits per heavy atom. The number of aromatic nitrogens is 4. The summed E-state index contributed by atoms with van der Waals surface area (Å²) in [5.41, 5.74) is 5.88. The molecule has 1 amide bonds. The van der Waals surface area contributed by atoms with Gasteiger partial charge in [-0.2, -0.15) is 0 Å². The number of nitrogens with zero attached hydrogens (tertiary/aromatic N) is 4. The number of ether oxygens (including phenoxy) is 1. The summed E-state index contributed by atoms with van der Waals surface area (Å²) in [5.74, 6) is -0.355. The average molecular weight is 309 g/mol. The molecule has 1 aliphatic rings. The largest absolute Gasteiger partial charge is 0.394 e. The first-order chi connectivity index (χ1) is 10.5.